The molecule has 4 aromatic rings. The quantitative estimate of drug-likeness (QED) is 0.178. The number of urea groups is 1. The number of aryl methyl sites for hydroxylation is 1. The number of carbonyl (C=O) groups is 1. The number of ether oxygens (including phenoxy) is 1. The molecule has 190 valence electrons. The molecule has 0 spiro atoms. The minimum atomic E-state index is -0.322. The lowest BCUT2D eigenvalue weighted by molar-refractivity contribution is 0.206. The summed E-state index contributed by atoms with van der Waals surface area (Å²) in [7, 11) is 0. The zero-order valence-corrected chi connectivity index (χ0v) is 22.4. The van der Waals surface area contributed by atoms with Gasteiger partial charge in [0.15, 0.2) is 0 Å². The Hall–Kier alpha value is -3.56. The third kappa shape index (κ3) is 7.24. The van der Waals surface area contributed by atoms with Gasteiger partial charge in [-0.15, -0.1) is 23.5 Å². The molecule has 1 N–H and O–H groups in total. The van der Waals surface area contributed by atoms with Crippen LogP contribution in [0.1, 0.15) is 17.0 Å². The maximum Gasteiger partial charge on any atom is 0.322 e. The third-order valence-corrected chi connectivity index (χ3v) is 6.76. The van der Waals surface area contributed by atoms with Crippen LogP contribution in [-0.2, 0) is 13.1 Å². The van der Waals surface area contributed by atoms with Crippen LogP contribution >= 0.6 is 23.5 Å². The molecule has 0 saturated heterocycles. The predicted molar refractivity (Wildman–Crippen MR) is 148 cm³/mol. The molecular weight excluding hydrogens is 507 g/mol. The molecule has 0 radical (unpaired) electrons. The number of halogens is 1. The van der Waals surface area contributed by atoms with Gasteiger partial charge in [-0.05, 0) is 67.0 Å². The van der Waals surface area contributed by atoms with E-state index in [9.17, 15) is 9.18 Å². The van der Waals surface area contributed by atoms with Gasteiger partial charge in [-0.3, -0.25) is 0 Å². The average Bonchev–Trinajstić information content (AvgIpc) is 2.91. The summed E-state index contributed by atoms with van der Waals surface area (Å²) in [5.74, 6) is 1.47. The van der Waals surface area contributed by atoms with E-state index in [4.69, 9.17) is 4.74 Å². The van der Waals surface area contributed by atoms with Gasteiger partial charge in [-0.25, -0.2) is 19.2 Å². The number of benzene rings is 3. The smallest absolute Gasteiger partial charge is 0.322 e. The molecule has 9 heteroatoms. The maximum absolute atomic E-state index is 13.6. The highest BCUT2D eigenvalue weighted by molar-refractivity contribution is 7.99. The van der Waals surface area contributed by atoms with Crippen molar-refractivity contribution < 1.29 is 13.9 Å². The second-order valence-electron chi connectivity index (χ2n) is 8.14. The molecule has 0 aliphatic rings. The van der Waals surface area contributed by atoms with Crippen molar-refractivity contribution in [1.29, 1.82) is 0 Å². The lowest BCUT2D eigenvalue weighted by Crippen LogP contribution is -2.34. The molecule has 1 heterocycles. The van der Waals surface area contributed by atoms with Crippen LogP contribution in [0.25, 0.3) is 0 Å². The SMILES string of the molecule is CSc1nc(C)nc(SC)c1NC(=O)N(Cc1ccccc1)Cc1cccc(Oc2ccc(F)cc2)c1. The molecule has 0 atom stereocenters. The van der Waals surface area contributed by atoms with E-state index in [0.29, 0.717) is 36.1 Å². The molecule has 6 nitrogen and oxygen atoms in total. The van der Waals surface area contributed by atoms with Crippen LogP contribution in [0.15, 0.2) is 88.9 Å². The molecule has 0 saturated carbocycles. The van der Waals surface area contributed by atoms with E-state index in [1.807, 2.05) is 74.0 Å². The van der Waals surface area contributed by atoms with Crippen molar-refractivity contribution in [1.82, 2.24) is 14.9 Å². The fraction of sp³-hybridized carbons (Fsp3) is 0.179. The van der Waals surface area contributed by atoms with Crippen molar-refractivity contribution in [2.24, 2.45) is 0 Å². The van der Waals surface area contributed by atoms with Gasteiger partial charge in [0.05, 0.1) is 0 Å². The van der Waals surface area contributed by atoms with Gasteiger partial charge in [0.2, 0.25) is 0 Å². The van der Waals surface area contributed by atoms with E-state index in [2.05, 4.69) is 15.3 Å². The number of anilines is 1. The monoisotopic (exact) mass is 534 g/mol. The van der Waals surface area contributed by atoms with Gasteiger partial charge in [0, 0.05) is 13.1 Å². The summed E-state index contributed by atoms with van der Waals surface area (Å²) < 4.78 is 19.1. The number of rotatable bonds is 9. The fourth-order valence-electron chi connectivity index (χ4n) is 3.68. The number of hydrogen-bond acceptors (Lipinski definition) is 6. The van der Waals surface area contributed by atoms with E-state index in [-0.39, 0.29) is 11.8 Å². The molecule has 0 aliphatic carbocycles. The molecule has 2 amide bonds. The molecule has 0 fully saturated rings. The van der Waals surface area contributed by atoms with Crippen molar-refractivity contribution in [2.75, 3.05) is 17.8 Å². The number of hydrogen-bond donors (Lipinski definition) is 1. The number of amides is 2. The predicted octanol–water partition coefficient (Wildman–Crippen LogP) is 7.39. The zero-order valence-electron chi connectivity index (χ0n) is 20.8. The summed E-state index contributed by atoms with van der Waals surface area (Å²) in [6.07, 6.45) is 3.85. The maximum atomic E-state index is 13.6. The lowest BCUT2D eigenvalue weighted by Gasteiger charge is -2.25. The first kappa shape index (κ1) is 26.5. The number of thioether (sulfide) groups is 2. The number of aromatic nitrogens is 2. The van der Waals surface area contributed by atoms with Crippen LogP contribution in [-0.4, -0.2) is 33.4 Å². The minimum Gasteiger partial charge on any atom is -0.457 e. The zero-order chi connectivity index (χ0) is 26.2. The van der Waals surface area contributed by atoms with Crippen molar-refractivity contribution in [3.05, 3.63) is 102 Å². The Balaban J connectivity index is 1.59. The van der Waals surface area contributed by atoms with Crippen molar-refractivity contribution in [3.63, 3.8) is 0 Å². The van der Waals surface area contributed by atoms with E-state index in [0.717, 1.165) is 21.2 Å². The molecule has 1 aromatic heterocycles. The highest BCUT2D eigenvalue weighted by atomic mass is 32.2. The van der Waals surface area contributed by atoms with Crippen molar-refractivity contribution in [3.8, 4) is 11.5 Å². The highest BCUT2D eigenvalue weighted by Crippen LogP contribution is 2.32. The standard InChI is InChI=1S/C28H27FN4O2S2/c1-19-30-26(36-2)25(27(31-19)37-3)32-28(34)33(17-20-8-5-4-6-9-20)18-21-10-7-11-24(16-21)35-23-14-12-22(29)13-15-23/h4-16H,17-18H2,1-3H3,(H,32,34). The van der Waals surface area contributed by atoms with Crippen LogP contribution < -0.4 is 10.1 Å². The first-order valence-electron chi connectivity index (χ1n) is 11.5. The summed E-state index contributed by atoms with van der Waals surface area (Å²) >= 11 is 2.93. The Kier molecular flexibility index (Phi) is 9.03. The van der Waals surface area contributed by atoms with E-state index in [1.54, 1.807) is 17.0 Å². The van der Waals surface area contributed by atoms with Crippen LogP contribution in [0.4, 0.5) is 14.9 Å². The summed E-state index contributed by atoms with van der Waals surface area (Å²) in [6, 6.07) is 23.0. The topological polar surface area (TPSA) is 67.4 Å². The molecule has 37 heavy (non-hydrogen) atoms. The highest BCUT2D eigenvalue weighted by Gasteiger charge is 2.20. The van der Waals surface area contributed by atoms with Crippen molar-refractivity contribution >= 4 is 35.2 Å². The van der Waals surface area contributed by atoms with E-state index < -0.39 is 0 Å². The van der Waals surface area contributed by atoms with Gasteiger partial charge >= 0.3 is 6.03 Å². The summed E-state index contributed by atoms with van der Waals surface area (Å²) in [6.45, 7) is 2.59. The van der Waals surface area contributed by atoms with Gasteiger partial charge in [0.25, 0.3) is 0 Å². The molecule has 3 aromatic carbocycles. The Morgan fingerprint density at radius 1 is 0.865 bits per heavy atom. The minimum absolute atomic E-state index is 0.258. The van der Waals surface area contributed by atoms with Gasteiger partial charge < -0.3 is 15.0 Å². The van der Waals surface area contributed by atoms with Crippen LogP contribution in [0.2, 0.25) is 0 Å². The summed E-state index contributed by atoms with van der Waals surface area (Å²) in [4.78, 5) is 24.4. The first-order chi connectivity index (χ1) is 17.9. The van der Waals surface area contributed by atoms with Gasteiger partial charge in [0.1, 0.15) is 38.9 Å². The Morgan fingerprint density at radius 3 is 2.14 bits per heavy atom. The Labute approximate surface area is 224 Å². The van der Waals surface area contributed by atoms with Gasteiger partial charge in [-0.2, -0.15) is 0 Å². The number of nitrogens with zero attached hydrogens (tertiary/aromatic N) is 3. The Bertz CT molecular complexity index is 1330. The van der Waals surface area contributed by atoms with E-state index >= 15 is 0 Å². The Morgan fingerprint density at radius 2 is 1.49 bits per heavy atom. The van der Waals surface area contributed by atoms with Gasteiger partial charge in [-0.1, -0.05) is 42.5 Å². The molecule has 4 rings (SSSR count). The largest absolute Gasteiger partial charge is 0.457 e. The second kappa shape index (κ2) is 12.6. The van der Waals surface area contributed by atoms with E-state index in [1.165, 1.54) is 35.7 Å². The molecule has 0 aliphatic heterocycles. The average molecular weight is 535 g/mol. The normalized spacial score (nSPS) is 10.7. The molecule has 0 bridgehead atoms. The van der Waals surface area contributed by atoms with Crippen LogP contribution in [0, 0.1) is 12.7 Å². The second-order valence-corrected chi connectivity index (χ2v) is 9.73. The van der Waals surface area contributed by atoms with Crippen LogP contribution in [0.3, 0.4) is 0 Å². The van der Waals surface area contributed by atoms with Crippen molar-refractivity contribution in [2.45, 2.75) is 30.1 Å². The number of nitrogens with one attached hydrogen (secondary N) is 1. The molecular formula is C28H27FN4O2S2. The summed E-state index contributed by atoms with van der Waals surface area (Å²) in [5, 5.41) is 4.51. The fourth-order valence-corrected chi connectivity index (χ4v) is 4.90. The number of carbonyl (C=O) groups excluding carboxylic acids is 1. The summed E-state index contributed by atoms with van der Waals surface area (Å²) in [5.41, 5.74) is 2.51. The third-order valence-electron chi connectivity index (χ3n) is 5.40. The first-order valence-corrected chi connectivity index (χ1v) is 14.0. The molecule has 0 unspecified atom stereocenters. The lowest BCUT2D eigenvalue weighted by atomic mass is 10.1. The van der Waals surface area contributed by atoms with Crippen LogP contribution in [0.5, 0.6) is 11.5 Å².